The predicted octanol–water partition coefficient (Wildman–Crippen LogP) is 1.28. The highest BCUT2D eigenvalue weighted by atomic mass is 32.1. The van der Waals surface area contributed by atoms with Crippen molar-refractivity contribution in [1.29, 1.82) is 0 Å². The molecule has 1 rings (SSSR count). The van der Waals surface area contributed by atoms with Crippen molar-refractivity contribution in [2.24, 2.45) is 5.73 Å². The molecule has 0 unspecified atom stereocenters. The summed E-state index contributed by atoms with van der Waals surface area (Å²) in [5, 5.41) is 2.62. The van der Waals surface area contributed by atoms with Crippen molar-refractivity contribution in [1.82, 2.24) is 10.2 Å². The summed E-state index contributed by atoms with van der Waals surface area (Å²) in [6.07, 6.45) is 1.42. The van der Waals surface area contributed by atoms with Crippen LogP contribution in [0.5, 0.6) is 0 Å². The molecule has 0 atom stereocenters. The van der Waals surface area contributed by atoms with Crippen LogP contribution in [0.4, 0.5) is 0 Å². The predicted molar refractivity (Wildman–Crippen MR) is 82.0 cm³/mol. The van der Waals surface area contributed by atoms with E-state index < -0.39 is 0 Å². The summed E-state index contributed by atoms with van der Waals surface area (Å²) in [4.78, 5) is 13.7. The van der Waals surface area contributed by atoms with Crippen LogP contribution in [0.15, 0.2) is 24.3 Å². The van der Waals surface area contributed by atoms with Gasteiger partial charge in [0.15, 0.2) is 0 Å². The standard InChI is InChI=1S/C14H21N3OS/c1-16-13(18)7-4-8-17(2)10-11-5-3-6-12(9-11)14(15)19/h3,5-6,9H,4,7-8,10H2,1-2H3,(H2,15,19)(H,16,18). The number of hydrogen-bond donors (Lipinski definition) is 2. The van der Waals surface area contributed by atoms with Crippen LogP contribution in [0.1, 0.15) is 24.0 Å². The molecule has 0 heterocycles. The molecule has 1 amide bonds. The fourth-order valence-corrected chi connectivity index (χ4v) is 1.98. The van der Waals surface area contributed by atoms with Gasteiger partial charge in [0.05, 0.1) is 0 Å². The molecule has 104 valence electrons. The Bertz CT molecular complexity index is 448. The number of nitrogens with two attached hydrogens (primary N) is 1. The van der Waals surface area contributed by atoms with Crippen LogP contribution in [0.2, 0.25) is 0 Å². The third-order valence-corrected chi connectivity index (χ3v) is 3.12. The van der Waals surface area contributed by atoms with Gasteiger partial charge in [0.1, 0.15) is 4.99 Å². The van der Waals surface area contributed by atoms with Crippen molar-refractivity contribution >= 4 is 23.1 Å². The maximum atomic E-state index is 11.1. The molecule has 4 nitrogen and oxygen atoms in total. The Hall–Kier alpha value is -1.46. The second-order valence-corrected chi connectivity index (χ2v) is 5.02. The van der Waals surface area contributed by atoms with E-state index in [-0.39, 0.29) is 5.91 Å². The zero-order valence-electron chi connectivity index (χ0n) is 11.5. The van der Waals surface area contributed by atoms with Gasteiger partial charge in [-0.15, -0.1) is 0 Å². The molecule has 0 saturated carbocycles. The van der Waals surface area contributed by atoms with Gasteiger partial charge in [-0.05, 0) is 31.6 Å². The van der Waals surface area contributed by atoms with E-state index in [1.807, 2.05) is 25.2 Å². The Labute approximate surface area is 120 Å². The lowest BCUT2D eigenvalue weighted by molar-refractivity contribution is -0.120. The number of nitrogens with zero attached hydrogens (tertiary/aromatic N) is 1. The molecule has 0 aliphatic rings. The largest absolute Gasteiger partial charge is 0.389 e. The molecule has 5 heteroatoms. The molecule has 0 aromatic heterocycles. The zero-order valence-corrected chi connectivity index (χ0v) is 12.3. The molecule has 0 aliphatic carbocycles. The third-order valence-electron chi connectivity index (χ3n) is 2.89. The third kappa shape index (κ3) is 5.81. The first-order valence-electron chi connectivity index (χ1n) is 6.31. The number of hydrogen-bond acceptors (Lipinski definition) is 3. The molecule has 19 heavy (non-hydrogen) atoms. The first-order chi connectivity index (χ1) is 9.02. The summed E-state index contributed by atoms with van der Waals surface area (Å²) in [6, 6.07) is 7.94. The van der Waals surface area contributed by atoms with Gasteiger partial charge in [-0.3, -0.25) is 4.79 Å². The lowest BCUT2D eigenvalue weighted by Crippen LogP contribution is -2.23. The zero-order chi connectivity index (χ0) is 14.3. The van der Waals surface area contributed by atoms with Gasteiger partial charge >= 0.3 is 0 Å². The molecule has 0 spiro atoms. The second-order valence-electron chi connectivity index (χ2n) is 4.58. The molecular weight excluding hydrogens is 258 g/mol. The summed E-state index contributed by atoms with van der Waals surface area (Å²) < 4.78 is 0. The van der Waals surface area contributed by atoms with Gasteiger partial charge in [-0.1, -0.05) is 30.4 Å². The Morgan fingerprint density at radius 3 is 2.84 bits per heavy atom. The van der Waals surface area contributed by atoms with Crippen molar-refractivity contribution < 1.29 is 4.79 Å². The highest BCUT2D eigenvalue weighted by Gasteiger charge is 2.04. The first-order valence-corrected chi connectivity index (χ1v) is 6.71. The van der Waals surface area contributed by atoms with Crippen LogP contribution >= 0.6 is 12.2 Å². The van der Waals surface area contributed by atoms with Gasteiger partial charge in [0.2, 0.25) is 5.91 Å². The Kier molecular flexibility index (Phi) is 6.45. The molecule has 0 saturated heterocycles. The smallest absolute Gasteiger partial charge is 0.219 e. The van der Waals surface area contributed by atoms with Crippen LogP contribution in [0.3, 0.4) is 0 Å². The SMILES string of the molecule is CNC(=O)CCCN(C)Cc1cccc(C(N)=S)c1. The number of amides is 1. The highest BCUT2D eigenvalue weighted by Crippen LogP contribution is 2.08. The first kappa shape index (κ1) is 15.6. The molecule has 0 aliphatic heterocycles. The van der Waals surface area contributed by atoms with E-state index in [2.05, 4.69) is 16.3 Å². The van der Waals surface area contributed by atoms with Gasteiger partial charge in [-0.25, -0.2) is 0 Å². The number of nitrogens with one attached hydrogen (secondary N) is 1. The highest BCUT2D eigenvalue weighted by molar-refractivity contribution is 7.80. The molecule has 0 bridgehead atoms. The van der Waals surface area contributed by atoms with Crippen LogP contribution < -0.4 is 11.1 Å². The molecular formula is C14H21N3OS. The molecule has 0 radical (unpaired) electrons. The lowest BCUT2D eigenvalue weighted by Gasteiger charge is -2.16. The average molecular weight is 279 g/mol. The monoisotopic (exact) mass is 279 g/mol. The Morgan fingerprint density at radius 2 is 2.21 bits per heavy atom. The van der Waals surface area contributed by atoms with E-state index in [0.717, 1.165) is 25.1 Å². The van der Waals surface area contributed by atoms with Crippen molar-refractivity contribution in [3.63, 3.8) is 0 Å². The van der Waals surface area contributed by atoms with E-state index in [1.165, 1.54) is 5.56 Å². The minimum absolute atomic E-state index is 0.0869. The Balaban J connectivity index is 2.43. The lowest BCUT2D eigenvalue weighted by atomic mass is 10.1. The summed E-state index contributed by atoms with van der Waals surface area (Å²) in [7, 11) is 3.70. The van der Waals surface area contributed by atoms with Gasteiger partial charge in [0, 0.05) is 25.6 Å². The van der Waals surface area contributed by atoms with E-state index in [1.54, 1.807) is 7.05 Å². The van der Waals surface area contributed by atoms with Gasteiger partial charge in [0.25, 0.3) is 0 Å². The summed E-state index contributed by atoms with van der Waals surface area (Å²) in [5.74, 6) is 0.0869. The average Bonchev–Trinajstić information content (AvgIpc) is 2.38. The second kappa shape index (κ2) is 7.86. The summed E-state index contributed by atoms with van der Waals surface area (Å²) in [6.45, 7) is 1.70. The van der Waals surface area contributed by atoms with E-state index >= 15 is 0 Å². The van der Waals surface area contributed by atoms with Crippen LogP contribution in [-0.4, -0.2) is 36.4 Å². The van der Waals surface area contributed by atoms with Crippen LogP contribution in [0.25, 0.3) is 0 Å². The minimum atomic E-state index is 0.0869. The molecule has 3 N–H and O–H groups in total. The number of benzene rings is 1. The summed E-state index contributed by atoms with van der Waals surface area (Å²) in [5.41, 5.74) is 7.68. The van der Waals surface area contributed by atoms with Crippen LogP contribution in [-0.2, 0) is 11.3 Å². The van der Waals surface area contributed by atoms with Crippen molar-refractivity contribution in [2.45, 2.75) is 19.4 Å². The number of carbonyl (C=O) groups is 1. The number of thiocarbonyl (C=S) groups is 1. The fourth-order valence-electron chi connectivity index (χ4n) is 1.85. The minimum Gasteiger partial charge on any atom is -0.389 e. The number of rotatable bonds is 7. The van der Waals surface area contributed by atoms with Crippen molar-refractivity contribution in [3.8, 4) is 0 Å². The molecule has 0 fully saturated rings. The van der Waals surface area contributed by atoms with Crippen LogP contribution in [0, 0.1) is 0 Å². The van der Waals surface area contributed by atoms with E-state index in [0.29, 0.717) is 11.4 Å². The van der Waals surface area contributed by atoms with E-state index in [9.17, 15) is 4.79 Å². The topological polar surface area (TPSA) is 58.4 Å². The normalized spacial score (nSPS) is 10.5. The quantitative estimate of drug-likeness (QED) is 0.738. The van der Waals surface area contributed by atoms with Crippen molar-refractivity contribution in [3.05, 3.63) is 35.4 Å². The molecule has 1 aromatic rings. The van der Waals surface area contributed by atoms with Gasteiger partial charge in [-0.2, -0.15) is 0 Å². The van der Waals surface area contributed by atoms with E-state index in [4.69, 9.17) is 18.0 Å². The van der Waals surface area contributed by atoms with Gasteiger partial charge < -0.3 is 16.0 Å². The fraction of sp³-hybridized carbons (Fsp3) is 0.429. The molecule has 1 aromatic carbocycles. The maximum absolute atomic E-state index is 11.1. The number of carbonyl (C=O) groups excluding carboxylic acids is 1. The Morgan fingerprint density at radius 1 is 1.47 bits per heavy atom. The summed E-state index contributed by atoms with van der Waals surface area (Å²) >= 11 is 4.97. The maximum Gasteiger partial charge on any atom is 0.219 e. The van der Waals surface area contributed by atoms with Crippen molar-refractivity contribution in [2.75, 3.05) is 20.6 Å².